The molecule has 1 amide bonds. The Morgan fingerprint density at radius 2 is 1.67 bits per heavy atom. The normalized spacial score (nSPS) is 14.2. The molecule has 33 heavy (non-hydrogen) atoms. The van der Waals surface area contributed by atoms with Crippen molar-refractivity contribution in [2.24, 2.45) is 0 Å². The lowest BCUT2D eigenvalue weighted by atomic mass is 10.1. The van der Waals surface area contributed by atoms with E-state index in [1.807, 2.05) is 49.4 Å². The van der Waals surface area contributed by atoms with E-state index in [1.165, 1.54) is 5.56 Å². The minimum atomic E-state index is -0.208. The van der Waals surface area contributed by atoms with Crippen LogP contribution in [0.15, 0.2) is 66.7 Å². The van der Waals surface area contributed by atoms with E-state index in [1.54, 1.807) is 18.2 Å². The molecular formula is C26H27Cl2N3O2. The third kappa shape index (κ3) is 5.99. The zero-order chi connectivity index (χ0) is 23.2. The maximum Gasteiger partial charge on any atom is 0.255 e. The molecule has 4 rings (SSSR count). The second kappa shape index (κ2) is 10.9. The molecule has 1 heterocycles. The van der Waals surface area contributed by atoms with E-state index in [2.05, 4.69) is 21.2 Å². The number of carbonyl (C=O) groups is 1. The van der Waals surface area contributed by atoms with Gasteiger partial charge < -0.3 is 15.0 Å². The topological polar surface area (TPSA) is 44.8 Å². The second-order valence-electron chi connectivity index (χ2n) is 7.93. The van der Waals surface area contributed by atoms with Crippen molar-refractivity contribution in [3.05, 3.63) is 87.9 Å². The fraction of sp³-hybridized carbons (Fsp3) is 0.269. The van der Waals surface area contributed by atoms with Gasteiger partial charge in [0.2, 0.25) is 0 Å². The fourth-order valence-corrected chi connectivity index (χ4v) is 4.34. The van der Waals surface area contributed by atoms with Crippen LogP contribution in [0.1, 0.15) is 22.8 Å². The van der Waals surface area contributed by atoms with Crippen LogP contribution in [0.2, 0.25) is 10.0 Å². The van der Waals surface area contributed by atoms with Gasteiger partial charge in [0.15, 0.2) is 0 Å². The maximum absolute atomic E-state index is 12.6. The SMILES string of the molecule is CCOc1ccc(C(=O)Nc2ccc(N3CCN(Cc4ccccc4Cl)CC3)cc2)cc1Cl. The molecule has 1 aliphatic heterocycles. The first-order valence-electron chi connectivity index (χ1n) is 11.1. The fourth-order valence-electron chi connectivity index (χ4n) is 3.91. The number of amides is 1. The number of nitrogens with one attached hydrogen (secondary N) is 1. The van der Waals surface area contributed by atoms with Crippen LogP contribution in [-0.2, 0) is 6.54 Å². The minimum absolute atomic E-state index is 0.208. The number of nitrogens with zero attached hydrogens (tertiary/aromatic N) is 2. The van der Waals surface area contributed by atoms with Gasteiger partial charge in [-0.3, -0.25) is 9.69 Å². The Bertz CT molecular complexity index is 1100. The van der Waals surface area contributed by atoms with E-state index in [4.69, 9.17) is 27.9 Å². The summed E-state index contributed by atoms with van der Waals surface area (Å²) in [5, 5.41) is 4.18. The van der Waals surface area contributed by atoms with Crippen molar-refractivity contribution in [3.63, 3.8) is 0 Å². The number of benzene rings is 3. The zero-order valence-electron chi connectivity index (χ0n) is 18.6. The average Bonchev–Trinajstić information content (AvgIpc) is 2.83. The first kappa shape index (κ1) is 23.4. The smallest absolute Gasteiger partial charge is 0.255 e. The molecule has 0 bridgehead atoms. The third-order valence-corrected chi connectivity index (χ3v) is 6.37. The van der Waals surface area contributed by atoms with E-state index in [-0.39, 0.29) is 5.91 Å². The number of hydrogen-bond donors (Lipinski definition) is 1. The van der Waals surface area contributed by atoms with Gasteiger partial charge in [-0.2, -0.15) is 0 Å². The molecule has 3 aromatic carbocycles. The summed E-state index contributed by atoms with van der Waals surface area (Å²) in [6, 6.07) is 21.0. The number of ether oxygens (including phenoxy) is 1. The van der Waals surface area contributed by atoms with Crippen LogP contribution in [0.3, 0.4) is 0 Å². The summed E-state index contributed by atoms with van der Waals surface area (Å²) in [6.45, 7) is 7.12. The highest BCUT2D eigenvalue weighted by Crippen LogP contribution is 2.26. The first-order chi connectivity index (χ1) is 16.0. The summed E-state index contributed by atoms with van der Waals surface area (Å²) in [4.78, 5) is 17.4. The molecule has 1 saturated heterocycles. The Morgan fingerprint density at radius 1 is 0.939 bits per heavy atom. The van der Waals surface area contributed by atoms with Crippen molar-refractivity contribution < 1.29 is 9.53 Å². The summed E-state index contributed by atoms with van der Waals surface area (Å²) in [7, 11) is 0. The lowest BCUT2D eigenvalue weighted by Crippen LogP contribution is -2.46. The van der Waals surface area contributed by atoms with E-state index < -0.39 is 0 Å². The summed E-state index contributed by atoms with van der Waals surface area (Å²) in [6.07, 6.45) is 0. The number of rotatable bonds is 7. The van der Waals surface area contributed by atoms with E-state index in [9.17, 15) is 4.79 Å². The average molecular weight is 484 g/mol. The van der Waals surface area contributed by atoms with Crippen LogP contribution in [0.5, 0.6) is 5.75 Å². The largest absolute Gasteiger partial charge is 0.492 e. The molecule has 0 aliphatic carbocycles. The molecule has 3 aromatic rings. The Labute approximate surface area is 204 Å². The standard InChI is InChI=1S/C26H27Cl2N3O2/c1-2-33-25-12-7-19(17-24(25)28)26(32)29-21-8-10-22(11-9-21)31-15-13-30(14-16-31)18-20-5-3-4-6-23(20)27/h3-12,17H,2,13-16,18H2,1H3,(H,29,32). The van der Waals surface area contributed by atoms with Gasteiger partial charge in [-0.1, -0.05) is 41.4 Å². The van der Waals surface area contributed by atoms with Gasteiger partial charge in [0.05, 0.1) is 11.6 Å². The van der Waals surface area contributed by atoms with Crippen molar-refractivity contribution >= 4 is 40.5 Å². The predicted molar refractivity (Wildman–Crippen MR) is 136 cm³/mol. The molecule has 1 N–H and O–H groups in total. The van der Waals surface area contributed by atoms with Crippen LogP contribution in [0, 0.1) is 0 Å². The van der Waals surface area contributed by atoms with Gasteiger partial charge in [0.25, 0.3) is 5.91 Å². The number of piperazine rings is 1. The molecule has 0 unspecified atom stereocenters. The minimum Gasteiger partial charge on any atom is -0.492 e. The molecule has 1 aliphatic rings. The van der Waals surface area contributed by atoms with Gasteiger partial charge in [-0.15, -0.1) is 0 Å². The van der Waals surface area contributed by atoms with Crippen LogP contribution < -0.4 is 15.0 Å². The van der Waals surface area contributed by atoms with E-state index in [0.29, 0.717) is 22.9 Å². The van der Waals surface area contributed by atoms with E-state index >= 15 is 0 Å². The second-order valence-corrected chi connectivity index (χ2v) is 8.75. The van der Waals surface area contributed by atoms with Crippen LogP contribution in [-0.4, -0.2) is 43.6 Å². The molecule has 172 valence electrons. The van der Waals surface area contributed by atoms with Gasteiger partial charge in [0, 0.05) is 54.7 Å². The maximum atomic E-state index is 12.6. The zero-order valence-corrected chi connectivity index (χ0v) is 20.1. The van der Waals surface area contributed by atoms with Gasteiger partial charge in [0.1, 0.15) is 5.75 Å². The summed E-state index contributed by atoms with van der Waals surface area (Å²) < 4.78 is 5.42. The number of anilines is 2. The summed E-state index contributed by atoms with van der Waals surface area (Å²) >= 11 is 12.5. The molecule has 7 heteroatoms. The highest BCUT2D eigenvalue weighted by atomic mass is 35.5. The van der Waals surface area contributed by atoms with Gasteiger partial charge >= 0.3 is 0 Å². The monoisotopic (exact) mass is 483 g/mol. The van der Waals surface area contributed by atoms with Crippen molar-refractivity contribution in [1.29, 1.82) is 0 Å². The van der Waals surface area contributed by atoms with Crippen LogP contribution >= 0.6 is 23.2 Å². The molecule has 0 atom stereocenters. The quantitative estimate of drug-likeness (QED) is 0.449. The lowest BCUT2D eigenvalue weighted by molar-refractivity contribution is 0.102. The number of hydrogen-bond acceptors (Lipinski definition) is 4. The Kier molecular flexibility index (Phi) is 7.76. The molecule has 0 aromatic heterocycles. The molecule has 0 radical (unpaired) electrons. The third-order valence-electron chi connectivity index (χ3n) is 5.71. The Hall–Kier alpha value is -2.73. The van der Waals surface area contributed by atoms with Crippen LogP contribution in [0.4, 0.5) is 11.4 Å². The van der Waals surface area contributed by atoms with Crippen molar-refractivity contribution in [1.82, 2.24) is 4.90 Å². The van der Waals surface area contributed by atoms with Gasteiger partial charge in [-0.05, 0) is 61.0 Å². The molecule has 5 nitrogen and oxygen atoms in total. The first-order valence-corrected chi connectivity index (χ1v) is 11.8. The lowest BCUT2D eigenvalue weighted by Gasteiger charge is -2.36. The van der Waals surface area contributed by atoms with Crippen molar-refractivity contribution in [2.45, 2.75) is 13.5 Å². The molecule has 0 saturated carbocycles. The van der Waals surface area contributed by atoms with Crippen molar-refractivity contribution in [3.8, 4) is 5.75 Å². The highest BCUT2D eigenvalue weighted by molar-refractivity contribution is 6.32. The van der Waals surface area contributed by atoms with Crippen molar-refractivity contribution in [2.75, 3.05) is 43.0 Å². The van der Waals surface area contributed by atoms with Gasteiger partial charge in [-0.25, -0.2) is 0 Å². The Morgan fingerprint density at radius 3 is 2.33 bits per heavy atom. The predicted octanol–water partition coefficient (Wildman–Crippen LogP) is 5.97. The molecule has 1 fully saturated rings. The molecular weight excluding hydrogens is 457 g/mol. The molecule has 0 spiro atoms. The summed E-state index contributed by atoms with van der Waals surface area (Å²) in [5.74, 6) is 0.368. The number of carbonyl (C=O) groups excluding carboxylic acids is 1. The highest BCUT2D eigenvalue weighted by Gasteiger charge is 2.18. The van der Waals surface area contributed by atoms with E-state index in [0.717, 1.165) is 49.1 Å². The Balaban J connectivity index is 1.31. The number of halogens is 2. The summed E-state index contributed by atoms with van der Waals surface area (Å²) in [5.41, 5.74) is 3.55. The van der Waals surface area contributed by atoms with Crippen LogP contribution in [0.25, 0.3) is 0 Å².